The van der Waals surface area contributed by atoms with Crippen molar-refractivity contribution < 1.29 is 4.79 Å². The van der Waals surface area contributed by atoms with Crippen molar-refractivity contribution in [3.63, 3.8) is 0 Å². The van der Waals surface area contributed by atoms with Crippen LogP contribution in [0.4, 0.5) is 0 Å². The van der Waals surface area contributed by atoms with E-state index in [-0.39, 0.29) is 12.3 Å². The average molecular weight is 184 g/mol. The van der Waals surface area contributed by atoms with Gasteiger partial charge in [0.1, 0.15) is 0 Å². The highest BCUT2D eigenvalue weighted by Gasteiger charge is 2.06. The molecular weight excluding hydrogens is 174 g/mol. The molecule has 69 valence electrons. The quantitative estimate of drug-likeness (QED) is 0.660. The Kier molecular flexibility index (Phi) is 2.29. The highest BCUT2D eigenvalue weighted by atomic mass is 16.1. The van der Waals surface area contributed by atoms with Crippen molar-refractivity contribution in [1.29, 1.82) is 0 Å². The molecule has 0 amide bonds. The topological polar surface area (TPSA) is 40.9 Å². The van der Waals surface area contributed by atoms with Crippen molar-refractivity contribution in [2.45, 2.75) is 0 Å². The molecule has 0 unspecified atom stereocenters. The zero-order valence-corrected chi connectivity index (χ0v) is 7.66. The van der Waals surface area contributed by atoms with Crippen LogP contribution in [0.25, 0.3) is 10.8 Å². The lowest BCUT2D eigenvalue weighted by Crippen LogP contribution is -2.06. The van der Waals surface area contributed by atoms with Crippen LogP contribution in [-0.4, -0.2) is 12.3 Å². The summed E-state index contributed by atoms with van der Waals surface area (Å²) in [6, 6.07) is 13.3. The lowest BCUT2D eigenvalue weighted by atomic mass is 10.0. The van der Waals surface area contributed by atoms with Crippen molar-refractivity contribution in [3.8, 4) is 0 Å². The zero-order valence-electron chi connectivity index (χ0n) is 7.66. The van der Waals surface area contributed by atoms with Crippen molar-refractivity contribution in [2.24, 2.45) is 0 Å². The number of hydrogen-bond acceptors (Lipinski definition) is 1. The molecule has 0 bridgehead atoms. The van der Waals surface area contributed by atoms with Gasteiger partial charge in [0.05, 0.1) is 6.54 Å². The Morgan fingerprint density at radius 1 is 1.07 bits per heavy atom. The van der Waals surface area contributed by atoms with Crippen molar-refractivity contribution in [2.75, 3.05) is 6.54 Å². The second kappa shape index (κ2) is 3.60. The van der Waals surface area contributed by atoms with Gasteiger partial charge in [-0.3, -0.25) is 4.79 Å². The fourth-order valence-electron chi connectivity index (χ4n) is 1.56. The number of Topliss-reactive ketones (excluding diaryl/α,β-unsaturated/α-hetero) is 1. The third-order valence-corrected chi connectivity index (χ3v) is 2.25. The van der Waals surface area contributed by atoms with Gasteiger partial charge in [0.2, 0.25) is 0 Å². The Bertz CT molecular complexity index is 471. The van der Waals surface area contributed by atoms with Gasteiger partial charge in [0, 0.05) is 5.56 Å². The molecule has 2 aromatic carbocycles. The Balaban J connectivity index is 2.71. The first-order valence-corrected chi connectivity index (χ1v) is 4.48. The smallest absolute Gasteiger partial charge is 0.178 e. The summed E-state index contributed by atoms with van der Waals surface area (Å²) in [5, 5.41) is 1.99. The minimum Gasteiger partial charge on any atom is -0.293 e. The number of rotatable bonds is 2. The van der Waals surface area contributed by atoms with Crippen LogP contribution in [0.1, 0.15) is 10.4 Å². The monoisotopic (exact) mass is 184 g/mol. The number of carbonyl (C=O) groups excluding carboxylic acids is 1. The van der Waals surface area contributed by atoms with Crippen LogP contribution >= 0.6 is 0 Å². The molecule has 0 atom stereocenters. The maximum Gasteiger partial charge on any atom is 0.178 e. The standard InChI is InChI=1S/C12H10NO/c13-8-12(14)11-7-3-5-9-4-1-2-6-10(9)11/h1-7,13H,8H2. The minimum atomic E-state index is -0.187. The number of ketones is 1. The number of fused-ring (bicyclic) bond motifs is 1. The average Bonchev–Trinajstić information content (AvgIpc) is 2.27. The summed E-state index contributed by atoms with van der Waals surface area (Å²) in [4.78, 5) is 11.4. The second-order valence-electron chi connectivity index (χ2n) is 3.13. The van der Waals surface area contributed by atoms with E-state index in [2.05, 4.69) is 0 Å². The fraction of sp³-hybridized carbons (Fsp3) is 0.0833. The Hall–Kier alpha value is -1.67. The van der Waals surface area contributed by atoms with Crippen LogP contribution in [0.2, 0.25) is 0 Å². The summed E-state index contributed by atoms with van der Waals surface area (Å²) >= 11 is 0. The maximum absolute atomic E-state index is 11.4. The van der Waals surface area contributed by atoms with Gasteiger partial charge < -0.3 is 0 Å². The maximum atomic E-state index is 11.4. The summed E-state index contributed by atoms with van der Waals surface area (Å²) in [7, 11) is 0. The van der Waals surface area contributed by atoms with E-state index >= 15 is 0 Å². The molecule has 0 fully saturated rings. The van der Waals surface area contributed by atoms with Gasteiger partial charge in [-0.25, -0.2) is 5.73 Å². The summed E-state index contributed by atoms with van der Waals surface area (Å²) in [6.07, 6.45) is 0. The van der Waals surface area contributed by atoms with Gasteiger partial charge in [-0.1, -0.05) is 42.5 Å². The predicted molar refractivity (Wildman–Crippen MR) is 56.2 cm³/mol. The summed E-state index contributed by atoms with van der Waals surface area (Å²) in [5.41, 5.74) is 7.72. The number of benzene rings is 2. The summed E-state index contributed by atoms with van der Waals surface area (Å²) in [6.45, 7) is -0.187. The van der Waals surface area contributed by atoms with Crippen molar-refractivity contribution >= 4 is 16.6 Å². The lowest BCUT2D eigenvalue weighted by Gasteiger charge is -2.03. The molecule has 2 nitrogen and oxygen atoms in total. The highest BCUT2D eigenvalue weighted by molar-refractivity contribution is 6.08. The van der Waals surface area contributed by atoms with Crippen molar-refractivity contribution in [3.05, 3.63) is 48.0 Å². The SMILES string of the molecule is [NH]CC(=O)c1cccc2ccccc12. The zero-order chi connectivity index (χ0) is 9.97. The second-order valence-corrected chi connectivity index (χ2v) is 3.13. The Morgan fingerprint density at radius 3 is 2.57 bits per heavy atom. The fourth-order valence-corrected chi connectivity index (χ4v) is 1.56. The molecular formula is C12H10NO. The molecule has 2 rings (SSSR count). The lowest BCUT2D eigenvalue weighted by molar-refractivity contribution is 0.100. The summed E-state index contributed by atoms with van der Waals surface area (Å²) < 4.78 is 0. The first kappa shape index (κ1) is 8.91. The first-order valence-electron chi connectivity index (χ1n) is 4.48. The molecule has 0 saturated heterocycles. The molecule has 1 N–H and O–H groups in total. The van der Waals surface area contributed by atoms with Crippen LogP contribution in [0.3, 0.4) is 0 Å². The van der Waals surface area contributed by atoms with Crippen molar-refractivity contribution in [1.82, 2.24) is 5.73 Å². The Morgan fingerprint density at radius 2 is 1.79 bits per heavy atom. The first-order chi connectivity index (χ1) is 6.83. The molecule has 0 heterocycles. The molecule has 0 aliphatic rings. The van der Waals surface area contributed by atoms with E-state index in [1.807, 2.05) is 36.4 Å². The van der Waals surface area contributed by atoms with Crippen LogP contribution in [0.15, 0.2) is 42.5 Å². The van der Waals surface area contributed by atoms with Crippen LogP contribution < -0.4 is 5.73 Å². The van der Waals surface area contributed by atoms with E-state index < -0.39 is 0 Å². The van der Waals surface area contributed by atoms with E-state index in [1.165, 1.54) is 0 Å². The number of nitrogens with one attached hydrogen (secondary N) is 1. The normalized spacial score (nSPS) is 10.4. The van der Waals surface area contributed by atoms with Gasteiger partial charge >= 0.3 is 0 Å². The molecule has 1 radical (unpaired) electrons. The van der Waals surface area contributed by atoms with Gasteiger partial charge in [-0.05, 0) is 10.8 Å². The van der Waals surface area contributed by atoms with Crippen LogP contribution in [-0.2, 0) is 0 Å². The predicted octanol–water partition coefficient (Wildman–Crippen LogP) is 2.31. The third-order valence-electron chi connectivity index (χ3n) is 2.25. The largest absolute Gasteiger partial charge is 0.293 e. The molecule has 0 spiro atoms. The number of hydrogen-bond donors (Lipinski definition) is 0. The molecule has 0 aromatic heterocycles. The van der Waals surface area contributed by atoms with E-state index in [0.29, 0.717) is 5.56 Å². The third kappa shape index (κ3) is 1.40. The van der Waals surface area contributed by atoms with E-state index in [4.69, 9.17) is 5.73 Å². The van der Waals surface area contributed by atoms with Crippen LogP contribution in [0.5, 0.6) is 0 Å². The van der Waals surface area contributed by atoms with E-state index in [9.17, 15) is 4.79 Å². The molecule has 0 aliphatic heterocycles. The molecule has 0 saturated carbocycles. The van der Waals surface area contributed by atoms with E-state index in [0.717, 1.165) is 10.8 Å². The summed E-state index contributed by atoms with van der Waals surface area (Å²) in [5.74, 6) is -0.123. The molecule has 0 aliphatic carbocycles. The van der Waals surface area contributed by atoms with Gasteiger partial charge in [-0.2, -0.15) is 0 Å². The van der Waals surface area contributed by atoms with Crippen LogP contribution in [0, 0.1) is 0 Å². The highest BCUT2D eigenvalue weighted by Crippen LogP contribution is 2.18. The van der Waals surface area contributed by atoms with Gasteiger partial charge in [0.25, 0.3) is 0 Å². The molecule has 14 heavy (non-hydrogen) atoms. The minimum absolute atomic E-state index is 0.123. The molecule has 2 aromatic rings. The number of carbonyl (C=O) groups is 1. The van der Waals surface area contributed by atoms with E-state index in [1.54, 1.807) is 6.07 Å². The van der Waals surface area contributed by atoms with Gasteiger partial charge in [0.15, 0.2) is 5.78 Å². The Labute approximate surface area is 82.3 Å². The van der Waals surface area contributed by atoms with Gasteiger partial charge in [-0.15, -0.1) is 0 Å². The molecule has 2 heteroatoms.